The molecule has 19 heavy (non-hydrogen) atoms. The minimum atomic E-state index is -0.397. The molecule has 0 saturated heterocycles. The van der Waals surface area contributed by atoms with Crippen LogP contribution in [0.3, 0.4) is 0 Å². The minimum Gasteiger partial charge on any atom is -0.355 e. The third-order valence-corrected chi connectivity index (χ3v) is 3.47. The summed E-state index contributed by atoms with van der Waals surface area (Å²) in [4.78, 5) is 13.5. The molecule has 0 aliphatic carbocycles. The molecular formula is C14H9BrN2O2. The Bertz CT molecular complexity index is 763. The highest BCUT2D eigenvalue weighted by Crippen LogP contribution is 2.27. The van der Waals surface area contributed by atoms with E-state index in [1.165, 1.54) is 12.1 Å². The number of hydrogen-bond acceptors (Lipinski definition) is 2. The number of nitro benzene ring substituents is 1. The van der Waals surface area contributed by atoms with Gasteiger partial charge in [0, 0.05) is 33.2 Å². The van der Waals surface area contributed by atoms with Crippen LogP contribution >= 0.6 is 15.9 Å². The second-order valence-electron chi connectivity index (χ2n) is 4.22. The van der Waals surface area contributed by atoms with Gasteiger partial charge in [0.25, 0.3) is 5.69 Å². The first-order valence-electron chi connectivity index (χ1n) is 5.66. The fourth-order valence-corrected chi connectivity index (χ4v) is 2.40. The van der Waals surface area contributed by atoms with Crippen molar-refractivity contribution < 1.29 is 4.92 Å². The zero-order valence-corrected chi connectivity index (χ0v) is 11.3. The van der Waals surface area contributed by atoms with E-state index in [1.54, 1.807) is 12.1 Å². The van der Waals surface area contributed by atoms with Gasteiger partial charge in [-0.2, -0.15) is 0 Å². The topological polar surface area (TPSA) is 58.9 Å². The molecule has 0 atom stereocenters. The van der Waals surface area contributed by atoms with E-state index in [-0.39, 0.29) is 5.69 Å². The maximum absolute atomic E-state index is 10.6. The molecule has 3 rings (SSSR count). The van der Waals surface area contributed by atoms with E-state index in [0.29, 0.717) is 0 Å². The van der Waals surface area contributed by atoms with Gasteiger partial charge < -0.3 is 4.98 Å². The summed E-state index contributed by atoms with van der Waals surface area (Å²) in [5.41, 5.74) is 3.01. The van der Waals surface area contributed by atoms with E-state index < -0.39 is 4.92 Å². The summed E-state index contributed by atoms with van der Waals surface area (Å²) in [5.74, 6) is 0. The molecule has 0 fully saturated rings. The predicted octanol–water partition coefficient (Wildman–Crippen LogP) is 4.51. The van der Waals surface area contributed by atoms with Crippen molar-refractivity contribution in [3.63, 3.8) is 0 Å². The molecule has 0 unspecified atom stereocenters. The van der Waals surface area contributed by atoms with Crippen LogP contribution in [0.2, 0.25) is 0 Å². The molecule has 0 saturated carbocycles. The Labute approximate surface area is 117 Å². The monoisotopic (exact) mass is 316 g/mol. The van der Waals surface area contributed by atoms with Gasteiger partial charge in [0.2, 0.25) is 0 Å². The number of halogens is 1. The van der Waals surface area contributed by atoms with Crippen LogP contribution in [-0.4, -0.2) is 9.91 Å². The van der Waals surface area contributed by atoms with E-state index in [9.17, 15) is 10.1 Å². The van der Waals surface area contributed by atoms with Gasteiger partial charge in [0.15, 0.2) is 0 Å². The van der Waals surface area contributed by atoms with Crippen LogP contribution in [0.15, 0.2) is 53.0 Å². The molecule has 5 heteroatoms. The van der Waals surface area contributed by atoms with Gasteiger partial charge in [-0.25, -0.2) is 0 Å². The molecule has 1 N–H and O–H groups in total. The molecule has 0 bridgehead atoms. The molecule has 94 valence electrons. The first-order valence-corrected chi connectivity index (χ1v) is 6.46. The van der Waals surface area contributed by atoms with Crippen molar-refractivity contribution in [3.8, 4) is 11.3 Å². The first kappa shape index (κ1) is 11.9. The van der Waals surface area contributed by atoms with Crippen molar-refractivity contribution in [3.05, 3.63) is 63.1 Å². The van der Waals surface area contributed by atoms with Gasteiger partial charge in [-0.05, 0) is 42.0 Å². The number of nitrogens with zero attached hydrogens (tertiary/aromatic N) is 1. The van der Waals surface area contributed by atoms with Crippen LogP contribution in [0.1, 0.15) is 0 Å². The number of nitrogens with one attached hydrogen (secondary N) is 1. The molecular weight excluding hydrogens is 308 g/mol. The van der Waals surface area contributed by atoms with Gasteiger partial charge in [-0.1, -0.05) is 15.9 Å². The summed E-state index contributed by atoms with van der Waals surface area (Å²) >= 11 is 3.43. The molecule has 0 radical (unpaired) electrons. The van der Waals surface area contributed by atoms with Gasteiger partial charge >= 0.3 is 0 Å². The Hall–Kier alpha value is -2.14. The number of H-pyrrole nitrogens is 1. The number of fused-ring (bicyclic) bond motifs is 1. The zero-order chi connectivity index (χ0) is 13.4. The molecule has 0 aliphatic rings. The van der Waals surface area contributed by atoms with Crippen molar-refractivity contribution in [1.82, 2.24) is 4.98 Å². The number of aromatic amines is 1. The highest BCUT2D eigenvalue weighted by molar-refractivity contribution is 9.10. The van der Waals surface area contributed by atoms with Crippen molar-refractivity contribution in [2.45, 2.75) is 0 Å². The summed E-state index contributed by atoms with van der Waals surface area (Å²) in [6.45, 7) is 0. The lowest BCUT2D eigenvalue weighted by Crippen LogP contribution is -1.87. The van der Waals surface area contributed by atoms with Gasteiger partial charge in [-0.3, -0.25) is 10.1 Å². The molecule has 1 aromatic heterocycles. The lowest BCUT2D eigenvalue weighted by atomic mass is 10.1. The molecule has 0 spiro atoms. The molecule has 2 aromatic carbocycles. The smallest absolute Gasteiger partial charge is 0.269 e. The third kappa shape index (κ3) is 2.24. The predicted molar refractivity (Wildman–Crippen MR) is 78.1 cm³/mol. The third-order valence-electron chi connectivity index (χ3n) is 2.97. The summed E-state index contributed by atoms with van der Waals surface area (Å²) in [6, 6.07) is 14.5. The number of nitro groups is 1. The van der Waals surface area contributed by atoms with Crippen molar-refractivity contribution in [1.29, 1.82) is 0 Å². The van der Waals surface area contributed by atoms with E-state index in [2.05, 4.69) is 20.9 Å². The van der Waals surface area contributed by atoms with E-state index in [1.807, 2.05) is 24.3 Å². The lowest BCUT2D eigenvalue weighted by molar-refractivity contribution is -0.384. The Kier molecular flexibility index (Phi) is 2.83. The Morgan fingerprint density at radius 1 is 1.05 bits per heavy atom. The second-order valence-corrected chi connectivity index (χ2v) is 5.13. The summed E-state index contributed by atoms with van der Waals surface area (Å²) in [5, 5.41) is 11.7. The summed E-state index contributed by atoms with van der Waals surface area (Å²) in [6.07, 6.45) is 0. The fourth-order valence-electron chi connectivity index (χ4n) is 2.02. The molecule has 3 aromatic rings. The number of non-ortho nitro benzene ring substituents is 1. The fraction of sp³-hybridized carbons (Fsp3) is 0. The largest absolute Gasteiger partial charge is 0.355 e. The van der Waals surface area contributed by atoms with Crippen molar-refractivity contribution >= 4 is 32.5 Å². The summed E-state index contributed by atoms with van der Waals surface area (Å²) in [7, 11) is 0. The number of rotatable bonds is 2. The highest BCUT2D eigenvalue weighted by Gasteiger charge is 2.07. The van der Waals surface area contributed by atoms with Crippen LogP contribution in [0, 0.1) is 10.1 Å². The Morgan fingerprint density at radius 2 is 1.79 bits per heavy atom. The Morgan fingerprint density at radius 3 is 2.47 bits per heavy atom. The Balaban J connectivity index is 2.06. The number of aromatic nitrogens is 1. The van der Waals surface area contributed by atoms with Gasteiger partial charge in [0.1, 0.15) is 0 Å². The average molecular weight is 317 g/mol. The summed E-state index contributed by atoms with van der Waals surface area (Å²) < 4.78 is 1.02. The highest BCUT2D eigenvalue weighted by atomic mass is 79.9. The minimum absolute atomic E-state index is 0.0996. The number of benzene rings is 2. The van der Waals surface area contributed by atoms with Crippen LogP contribution in [0.5, 0.6) is 0 Å². The van der Waals surface area contributed by atoms with Crippen LogP contribution in [0.25, 0.3) is 22.2 Å². The lowest BCUT2D eigenvalue weighted by Gasteiger charge is -1.97. The maximum Gasteiger partial charge on any atom is 0.269 e. The van der Waals surface area contributed by atoms with Gasteiger partial charge in [0.05, 0.1) is 4.92 Å². The second kappa shape index (κ2) is 4.51. The SMILES string of the molecule is O=[N+]([O-])c1ccc(-c2cc3cc(Br)ccc3[nH]2)cc1. The molecule has 0 aliphatic heterocycles. The van der Waals surface area contributed by atoms with Crippen LogP contribution in [0.4, 0.5) is 5.69 Å². The first-order chi connectivity index (χ1) is 9.13. The molecule has 4 nitrogen and oxygen atoms in total. The quantitative estimate of drug-likeness (QED) is 0.558. The van der Waals surface area contributed by atoms with Crippen molar-refractivity contribution in [2.75, 3.05) is 0 Å². The van der Waals surface area contributed by atoms with Crippen LogP contribution in [-0.2, 0) is 0 Å². The molecule has 0 amide bonds. The van der Waals surface area contributed by atoms with E-state index in [4.69, 9.17) is 0 Å². The normalized spacial score (nSPS) is 10.8. The van der Waals surface area contributed by atoms with E-state index >= 15 is 0 Å². The average Bonchev–Trinajstić information content (AvgIpc) is 2.81. The number of hydrogen-bond donors (Lipinski definition) is 1. The van der Waals surface area contributed by atoms with E-state index in [0.717, 1.165) is 26.6 Å². The molecule has 1 heterocycles. The van der Waals surface area contributed by atoms with Crippen molar-refractivity contribution in [2.24, 2.45) is 0 Å². The maximum atomic E-state index is 10.6. The van der Waals surface area contributed by atoms with Gasteiger partial charge in [-0.15, -0.1) is 0 Å². The van der Waals surface area contributed by atoms with Crippen LogP contribution < -0.4 is 0 Å². The zero-order valence-electron chi connectivity index (χ0n) is 9.76. The standard InChI is InChI=1S/C14H9BrN2O2/c15-11-3-6-13-10(7-11)8-14(16-13)9-1-4-12(5-2-9)17(18)19/h1-8,16H.